The van der Waals surface area contributed by atoms with E-state index in [1.54, 1.807) is 0 Å². The molecule has 3 rings (SSSR count). The molecule has 4 nitrogen and oxygen atoms in total. The molecule has 17 heavy (non-hydrogen) atoms. The van der Waals surface area contributed by atoms with Crippen molar-refractivity contribution in [2.75, 3.05) is 18.5 Å². The molecule has 0 aliphatic carbocycles. The van der Waals surface area contributed by atoms with Crippen LogP contribution in [0.4, 0.5) is 5.69 Å². The fourth-order valence-corrected chi connectivity index (χ4v) is 2.76. The average molecular weight is 232 g/mol. The van der Waals surface area contributed by atoms with Gasteiger partial charge in [-0.1, -0.05) is 18.2 Å². The fourth-order valence-electron chi connectivity index (χ4n) is 2.76. The number of ether oxygens (including phenoxy) is 1. The van der Waals surface area contributed by atoms with Crippen molar-refractivity contribution in [2.45, 2.75) is 25.6 Å². The molecule has 0 unspecified atom stereocenters. The molecule has 1 saturated heterocycles. The Balaban J connectivity index is 2.17. The standard InChI is InChI=1S/C13H16N2O2/c1-9-8-17-13(2)10-5-3-4-6-11(10)14-12(16)7-15(9)13/h3-6,9H,7-8H2,1-2H3,(H,14,16)/t9-,13+/m0/s1. The van der Waals surface area contributed by atoms with E-state index in [4.69, 9.17) is 4.74 Å². The quantitative estimate of drug-likeness (QED) is 0.737. The highest BCUT2D eigenvalue weighted by Gasteiger charge is 2.47. The molecule has 1 fully saturated rings. The molecule has 1 amide bonds. The molecule has 4 heteroatoms. The van der Waals surface area contributed by atoms with Crippen LogP contribution in [0.5, 0.6) is 0 Å². The van der Waals surface area contributed by atoms with E-state index < -0.39 is 5.72 Å². The second-order valence-corrected chi connectivity index (χ2v) is 4.86. The van der Waals surface area contributed by atoms with Gasteiger partial charge < -0.3 is 10.1 Å². The molecule has 2 heterocycles. The maximum Gasteiger partial charge on any atom is 0.238 e. The van der Waals surface area contributed by atoms with Crippen LogP contribution in [0.25, 0.3) is 0 Å². The lowest BCUT2D eigenvalue weighted by molar-refractivity contribution is -0.123. The minimum absolute atomic E-state index is 0.0264. The van der Waals surface area contributed by atoms with Crippen molar-refractivity contribution in [3.63, 3.8) is 0 Å². The van der Waals surface area contributed by atoms with Gasteiger partial charge in [0.2, 0.25) is 5.91 Å². The summed E-state index contributed by atoms with van der Waals surface area (Å²) in [4.78, 5) is 14.0. The van der Waals surface area contributed by atoms with Gasteiger partial charge in [0, 0.05) is 17.3 Å². The van der Waals surface area contributed by atoms with E-state index in [-0.39, 0.29) is 11.9 Å². The molecular weight excluding hydrogens is 216 g/mol. The summed E-state index contributed by atoms with van der Waals surface area (Å²) in [5, 5.41) is 2.94. The van der Waals surface area contributed by atoms with E-state index in [1.807, 2.05) is 31.2 Å². The highest BCUT2D eigenvalue weighted by atomic mass is 16.5. The van der Waals surface area contributed by atoms with Gasteiger partial charge in [-0.05, 0) is 19.9 Å². The summed E-state index contributed by atoms with van der Waals surface area (Å²) in [7, 11) is 0. The summed E-state index contributed by atoms with van der Waals surface area (Å²) in [6.07, 6.45) is 0. The van der Waals surface area contributed by atoms with Crippen LogP contribution in [0.1, 0.15) is 19.4 Å². The summed E-state index contributed by atoms with van der Waals surface area (Å²) in [6.45, 7) is 5.17. The van der Waals surface area contributed by atoms with Crippen LogP contribution >= 0.6 is 0 Å². The van der Waals surface area contributed by atoms with Crippen molar-refractivity contribution in [2.24, 2.45) is 0 Å². The molecule has 1 aromatic carbocycles. The Morgan fingerprint density at radius 3 is 3.06 bits per heavy atom. The van der Waals surface area contributed by atoms with Gasteiger partial charge >= 0.3 is 0 Å². The van der Waals surface area contributed by atoms with Gasteiger partial charge in [-0.3, -0.25) is 9.69 Å². The van der Waals surface area contributed by atoms with Crippen molar-refractivity contribution in [3.05, 3.63) is 29.8 Å². The number of nitrogens with zero attached hydrogens (tertiary/aromatic N) is 1. The molecule has 2 atom stereocenters. The SMILES string of the molecule is C[C@H]1CO[C@]2(C)c3ccccc3NC(=O)CN12. The second-order valence-electron chi connectivity index (χ2n) is 4.86. The van der Waals surface area contributed by atoms with Gasteiger partial charge in [-0.25, -0.2) is 0 Å². The maximum atomic E-state index is 11.9. The van der Waals surface area contributed by atoms with E-state index in [0.717, 1.165) is 11.3 Å². The molecule has 0 saturated carbocycles. The number of hydrogen-bond acceptors (Lipinski definition) is 3. The number of benzene rings is 1. The van der Waals surface area contributed by atoms with Gasteiger partial charge in [-0.2, -0.15) is 0 Å². The number of amides is 1. The number of anilines is 1. The fraction of sp³-hybridized carbons (Fsp3) is 0.462. The predicted octanol–water partition coefficient (Wildman–Crippen LogP) is 1.53. The van der Waals surface area contributed by atoms with E-state index in [9.17, 15) is 4.79 Å². The number of nitrogens with one attached hydrogen (secondary N) is 1. The average Bonchev–Trinajstić information content (AvgIpc) is 2.54. The summed E-state index contributed by atoms with van der Waals surface area (Å²) in [5.41, 5.74) is 1.40. The Morgan fingerprint density at radius 2 is 2.24 bits per heavy atom. The zero-order valence-electron chi connectivity index (χ0n) is 10.1. The number of fused-ring (bicyclic) bond motifs is 3. The van der Waals surface area contributed by atoms with E-state index in [2.05, 4.69) is 17.1 Å². The number of hydrogen-bond donors (Lipinski definition) is 1. The third kappa shape index (κ3) is 1.48. The molecule has 90 valence electrons. The first-order chi connectivity index (χ1) is 8.11. The van der Waals surface area contributed by atoms with Crippen LogP contribution in [0.2, 0.25) is 0 Å². The molecule has 0 radical (unpaired) electrons. The monoisotopic (exact) mass is 232 g/mol. The maximum absolute atomic E-state index is 11.9. The number of para-hydroxylation sites is 1. The highest BCUT2D eigenvalue weighted by molar-refractivity contribution is 5.94. The molecule has 0 spiro atoms. The highest BCUT2D eigenvalue weighted by Crippen LogP contribution is 2.41. The largest absolute Gasteiger partial charge is 0.355 e. The number of rotatable bonds is 0. The van der Waals surface area contributed by atoms with Crippen molar-refractivity contribution < 1.29 is 9.53 Å². The van der Waals surface area contributed by atoms with Crippen LogP contribution in [0, 0.1) is 0 Å². The third-order valence-electron chi connectivity index (χ3n) is 3.70. The first-order valence-corrected chi connectivity index (χ1v) is 5.91. The van der Waals surface area contributed by atoms with E-state index in [0.29, 0.717) is 13.2 Å². The van der Waals surface area contributed by atoms with Crippen LogP contribution in [-0.4, -0.2) is 30.0 Å². The van der Waals surface area contributed by atoms with Crippen molar-refractivity contribution in [1.82, 2.24) is 4.90 Å². The molecule has 2 aliphatic rings. The molecular formula is C13H16N2O2. The lowest BCUT2D eigenvalue weighted by atomic mass is 10.0. The Labute approximate surface area is 101 Å². The minimum Gasteiger partial charge on any atom is -0.355 e. The Bertz CT molecular complexity index is 474. The second kappa shape index (κ2) is 3.55. The summed E-state index contributed by atoms with van der Waals surface area (Å²) in [5.74, 6) is 0.0264. The van der Waals surface area contributed by atoms with Gasteiger partial charge in [0.05, 0.1) is 13.2 Å². The third-order valence-corrected chi connectivity index (χ3v) is 3.70. The zero-order valence-corrected chi connectivity index (χ0v) is 10.1. The van der Waals surface area contributed by atoms with Crippen LogP contribution < -0.4 is 5.32 Å². The number of carbonyl (C=O) groups excluding carboxylic acids is 1. The van der Waals surface area contributed by atoms with E-state index in [1.165, 1.54) is 0 Å². The summed E-state index contributed by atoms with van der Waals surface area (Å²) >= 11 is 0. The minimum atomic E-state index is -0.491. The van der Waals surface area contributed by atoms with Gasteiger partial charge in [0.25, 0.3) is 0 Å². The first kappa shape index (κ1) is 10.7. The molecule has 0 bridgehead atoms. The van der Waals surface area contributed by atoms with Crippen LogP contribution in [0.15, 0.2) is 24.3 Å². The molecule has 2 aliphatic heterocycles. The lowest BCUT2D eigenvalue weighted by Gasteiger charge is -2.33. The van der Waals surface area contributed by atoms with E-state index >= 15 is 0 Å². The van der Waals surface area contributed by atoms with Gasteiger partial charge in [0.1, 0.15) is 5.72 Å². The summed E-state index contributed by atoms with van der Waals surface area (Å²) < 4.78 is 5.95. The smallest absolute Gasteiger partial charge is 0.238 e. The zero-order chi connectivity index (χ0) is 12.0. The summed E-state index contributed by atoms with van der Waals surface area (Å²) in [6, 6.07) is 8.11. The van der Waals surface area contributed by atoms with Crippen molar-refractivity contribution in [1.29, 1.82) is 0 Å². The van der Waals surface area contributed by atoms with Crippen LogP contribution in [0.3, 0.4) is 0 Å². The van der Waals surface area contributed by atoms with Crippen molar-refractivity contribution in [3.8, 4) is 0 Å². The Kier molecular flexibility index (Phi) is 2.24. The van der Waals surface area contributed by atoms with Gasteiger partial charge in [0.15, 0.2) is 0 Å². The normalized spacial score (nSPS) is 32.6. The predicted molar refractivity (Wildman–Crippen MR) is 64.5 cm³/mol. The topological polar surface area (TPSA) is 41.6 Å². The molecule has 1 aromatic rings. The Morgan fingerprint density at radius 1 is 1.47 bits per heavy atom. The van der Waals surface area contributed by atoms with Crippen molar-refractivity contribution >= 4 is 11.6 Å². The van der Waals surface area contributed by atoms with Crippen LogP contribution in [-0.2, 0) is 15.3 Å². The lowest BCUT2D eigenvalue weighted by Crippen LogP contribution is -2.44. The molecule has 1 N–H and O–H groups in total. The molecule has 0 aromatic heterocycles. The van der Waals surface area contributed by atoms with Gasteiger partial charge in [-0.15, -0.1) is 0 Å². The first-order valence-electron chi connectivity index (χ1n) is 5.91. The number of carbonyl (C=O) groups is 1. The Hall–Kier alpha value is -1.39.